The molecule has 0 aliphatic carbocycles. The highest BCUT2D eigenvalue weighted by Gasteiger charge is 2.27. The van der Waals surface area contributed by atoms with Crippen LogP contribution in [0.3, 0.4) is 0 Å². The zero-order valence-electron chi connectivity index (χ0n) is 16.3. The number of ketones is 1. The molecule has 0 spiro atoms. The van der Waals surface area contributed by atoms with Gasteiger partial charge in [0.1, 0.15) is 0 Å². The third kappa shape index (κ3) is 4.90. The summed E-state index contributed by atoms with van der Waals surface area (Å²) in [5.74, 6) is -1.08. The van der Waals surface area contributed by atoms with Crippen molar-refractivity contribution < 1.29 is 27.5 Å². The summed E-state index contributed by atoms with van der Waals surface area (Å²) >= 11 is 0. The van der Waals surface area contributed by atoms with E-state index in [1.54, 1.807) is 12.1 Å². The summed E-state index contributed by atoms with van der Waals surface area (Å²) < 4.78 is 37.3. The van der Waals surface area contributed by atoms with Crippen LogP contribution in [-0.2, 0) is 19.5 Å². The van der Waals surface area contributed by atoms with Gasteiger partial charge in [-0.2, -0.15) is 4.31 Å². The van der Waals surface area contributed by atoms with E-state index in [0.29, 0.717) is 18.8 Å². The molecule has 0 saturated carbocycles. The zero-order chi connectivity index (χ0) is 21.0. The van der Waals surface area contributed by atoms with Crippen molar-refractivity contribution in [3.63, 3.8) is 0 Å². The van der Waals surface area contributed by atoms with Crippen LogP contribution >= 0.6 is 0 Å². The minimum Gasteiger partial charge on any atom is -0.451 e. The van der Waals surface area contributed by atoms with Gasteiger partial charge in [-0.05, 0) is 32.0 Å². The van der Waals surface area contributed by atoms with Crippen molar-refractivity contribution in [2.45, 2.75) is 24.8 Å². The number of esters is 1. The number of hydrogen-bond donors (Lipinski definition) is 0. The van der Waals surface area contributed by atoms with Crippen LogP contribution in [0.4, 0.5) is 0 Å². The molecule has 1 saturated heterocycles. The maximum absolute atomic E-state index is 12.8. The highest BCUT2D eigenvalue weighted by Crippen LogP contribution is 2.19. The van der Waals surface area contributed by atoms with Crippen molar-refractivity contribution in [3.05, 3.63) is 65.2 Å². The van der Waals surface area contributed by atoms with Gasteiger partial charge in [-0.1, -0.05) is 35.9 Å². The Morgan fingerprint density at radius 1 is 1.03 bits per heavy atom. The molecule has 1 aliphatic rings. The van der Waals surface area contributed by atoms with Gasteiger partial charge in [-0.25, -0.2) is 13.2 Å². The largest absolute Gasteiger partial charge is 0.451 e. The topological polar surface area (TPSA) is 90.0 Å². The minimum atomic E-state index is -3.73. The van der Waals surface area contributed by atoms with Crippen LogP contribution in [0.1, 0.15) is 33.2 Å². The van der Waals surface area contributed by atoms with Crippen molar-refractivity contribution in [1.29, 1.82) is 0 Å². The highest BCUT2D eigenvalue weighted by atomic mass is 32.2. The monoisotopic (exact) mass is 417 g/mol. The fourth-order valence-corrected chi connectivity index (χ4v) is 4.41. The fraction of sp³-hybridized carbons (Fsp3) is 0.333. The average molecular weight is 417 g/mol. The number of carbonyl (C=O) groups excluding carboxylic acids is 2. The summed E-state index contributed by atoms with van der Waals surface area (Å²) in [7, 11) is -3.73. The molecule has 0 unspecified atom stereocenters. The molecule has 7 nitrogen and oxygen atoms in total. The number of aryl methyl sites for hydroxylation is 1. The van der Waals surface area contributed by atoms with Gasteiger partial charge in [0.2, 0.25) is 15.8 Å². The van der Waals surface area contributed by atoms with Crippen LogP contribution in [0.25, 0.3) is 0 Å². The second-order valence-corrected chi connectivity index (χ2v) is 8.76. The molecule has 3 rings (SSSR count). The van der Waals surface area contributed by atoms with Gasteiger partial charge in [0.15, 0.2) is 6.10 Å². The molecule has 1 aliphatic heterocycles. The molecule has 154 valence electrons. The Bertz CT molecular complexity index is 994. The summed E-state index contributed by atoms with van der Waals surface area (Å²) in [6, 6.07) is 12.6. The van der Waals surface area contributed by atoms with E-state index in [1.807, 2.05) is 19.1 Å². The normalized spacial score (nSPS) is 16.2. The van der Waals surface area contributed by atoms with E-state index in [4.69, 9.17) is 9.47 Å². The number of hydrogen-bond acceptors (Lipinski definition) is 6. The Labute approximate surface area is 170 Å². The van der Waals surface area contributed by atoms with E-state index in [-0.39, 0.29) is 29.3 Å². The lowest BCUT2D eigenvalue weighted by Gasteiger charge is -2.26. The molecule has 29 heavy (non-hydrogen) atoms. The van der Waals surface area contributed by atoms with Crippen LogP contribution in [-0.4, -0.2) is 56.9 Å². The maximum atomic E-state index is 12.8. The van der Waals surface area contributed by atoms with E-state index in [2.05, 4.69) is 0 Å². The molecular formula is C21H23NO6S. The molecule has 0 radical (unpaired) electrons. The average Bonchev–Trinajstić information content (AvgIpc) is 2.74. The van der Waals surface area contributed by atoms with Gasteiger partial charge in [0, 0.05) is 18.7 Å². The molecule has 0 bridgehead atoms. The lowest BCUT2D eigenvalue weighted by Crippen LogP contribution is -2.40. The van der Waals surface area contributed by atoms with E-state index < -0.39 is 22.1 Å². The van der Waals surface area contributed by atoms with Crippen molar-refractivity contribution in [2.24, 2.45) is 0 Å². The number of benzene rings is 2. The number of Topliss-reactive ketones (excluding diaryl/α,β-unsaturated/α-hetero) is 1. The van der Waals surface area contributed by atoms with Crippen molar-refractivity contribution in [2.75, 3.05) is 26.3 Å². The first-order chi connectivity index (χ1) is 13.8. The Balaban J connectivity index is 1.73. The standard InChI is InChI=1S/C21H23NO6S/c1-15-6-8-17(9-7-15)20(23)16(2)28-21(24)18-4-3-5-19(14-18)29(25,26)22-10-12-27-13-11-22/h3-9,14,16H,10-13H2,1-2H3/t16-/m0/s1. The van der Waals surface area contributed by atoms with E-state index in [9.17, 15) is 18.0 Å². The molecule has 1 fully saturated rings. The van der Waals surface area contributed by atoms with Gasteiger partial charge < -0.3 is 9.47 Å². The van der Waals surface area contributed by atoms with Crippen molar-refractivity contribution in [1.82, 2.24) is 4.31 Å². The molecule has 8 heteroatoms. The van der Waals surface area contributed by atoms with Gasteiger partial charge >= 0.3 is 5.97 Å². The Morgan fingerprint density at radius 3 is 2.34 bits per heavy atom. The number of morpholine rings is 1. The first-order valence-corrected chi connectivity index (χ1v) is 10.7. The number of sulfonamides is 1. The second kappa shape index (κ2) is 8.86. The lowest BCUT2D eigenvalue weighted by molar-refractivity contribution is 0.0318. The van der Waals surface area contributed by atoms with Gasteiger partial charge in [0.25, 0.3) is 0 Å². The molecule has 0 N–H and O–H groups in total. The second-order valence-electron chi connectivity index (χ2n) is 6.82. The van der Waals surface area contributed by atoms with E-state index in [0.717, 1.165) is 5.56 Å². The summed E-state index contributed by atoms with van der Waals surface area (Å²) in [6.45, 7) is 4.60. The Hall–Kier alpha value is -2.55. The first-order valence-electron chi connectivity index (χ1n) is 9.29. The third-order valence-corrected chi connectivity index (χ3v) is 6.56. The SMILES string of the molecule is Cc1ccc(C(=O)[C@H](C)OC(=O)c2cccc(S(=O)(=O)N3CCOCC3)c2)cc1. The predicted octanol–water partition coefficient (Wildman–Crippen LogP) is 2.44. The van der Waals surface area contributed by atoms with E-state index in [1.165, 1.54) is 35.5 Å². The molecule has 1 heterocycles. The number of rotatable bonds is 6. The molecule has 2 aromatic rings. The molecule has 1 atom stereocenters. The number of ether oxygens (including phenoxy) is 2. The van der Waals surface area contributed by atoms with Crippen molar-refractivity contribution >= 4 is 21.8 Å². The molecular weight excluding hydrogens is 394 g/mol. The number of nitrogens with zero attached hydrogens (tertiary/aromatic N) is 1. The van der Waals surface area contributed by atoms with E-state index >= 15 is 0 Å². The lowest BCUT2D eigenvalue weighted by atomic mass is 10.1. The zero-order valence-corrected chi connectivity index (χ0v) is 17.1. The molecule has 0 amide bonds. The summed E-state index contributed by atoms with van der Waals surface area (Å²) in [5, 5.41) is 0. The van der Waals surface area contributed by atoms with Crippen LogP contribution in [0.15, 0.2) is 53.4 Å². The first kappa shape index (κ1) is 21.2. The quantitative estimate of drug-likeness (QED) is 0.530. The van der Waals surface area contributed by atoms with Crippen LogP contribution in [0.2, 0.25) is 0 Å². The van der Waals surface area contributed by atoms with Crippen LogP contribution < -0.4 is 0 Å². The highest BCUT2D eigenvalue weighted by molar-refractivity contribution is 7.89. The van der Waals surface area contributed by atoms with Crippen LogP contribution in [0.5, 0.6) is 0 Å². The van der Waals surface area contributed by atoms with Gasteiger partial charge in [-0.15, -0.1) is 0 Å². The van der Waals surface area contributed by atoms with Crippen LogP contribution in [0, 0.1) is 6.92 Å². The smallest absolute Gasteiger partial charge is 0.338 e. The van der Waals surface area contributed by atoms with Crippen molar-refractivity contribution in [3.8, 4) is 0 Å². The fourth-order valence-electron chi connectivity index (χ4n) is 2.95. The molecule has 0 aromatic heterocycles. The third-order valence-electron chi connectivity index (χ3n) is 4.67. The summed E-state index contributed by atoms with van der Waals surface area (Å²) in [6.07, 6.45) is -0.996. The Kier molecular flexibility index (Phi) is 6.46. The maximum Gasteiger partial charge on any atom is 0.338 e. The minimum absolute atomic E-state index is 0.00589. The number of carbonyl (C=O) groups is 2. The predicted molar refractivity (Wildman–Crippen MR) is 106 cm³/mol. The summed E-state index contributed by atoms with van der Waals surface area (Å²) in [5.41, 5.74) is 1.53. The van der Waals surface area contributed by atoms with Gasteiger partial charge in [0.05, 0.1) is 23.7 Å². The van der Waals surface area contributed by atoms with Gasteiger partial charge in [-0.3, -0.25) is 4.79 Å². The summed E-state index contributed by atoms with van der Waals surface area (Å²) in [4.78, 5) is 25.0. The molecule has 2 aromatic carbocycles. The Morgan fingerprint density at radius 2 is 1.69 bits per heavy atom.